The van der Waals surface area contributed by atoms with Gasteiger partial charge in [0.1, 0.15) is 0 Å². The molecule has 24 heavy (non-hydrogen) atoms. The molecule has 2 N–H and O–H groups in total. The molecular weight excluding hydrogens is 304 g/mol. The third-order valence-corrected chi connectivity index (χ3v) is 4.95. The Morgan fingerprint density at radius 1 is 1.21 bits per heavy atom. The molecule has 2 fully saturated rings. The number of aliphatic imine (C=N–C) groups is 1. The molecule has 0 aromatic carbocycles. The van der Waals surface area contributed by atoms with Gasteiger partial charge < -0.3 is 20.3 Å². The fourth-order valence-corrected chi connectivity index (χ4v) is 3.57. The standard InChI is InChI=1S/C18H34N4O2/c1-17(2,3)15(23)20-9-10-21-16(19-4)22-11-5-7-18(13-22)8-6-12-24-14-18/h5-14H2,1-4H3,(H,19,21)(H,20,23). The van der Waals surface area contributed by atoms with E-state index in [2.05, 4.69) is 20.5 Å². The van der Waals surface area contributed by atoms with Gasteiger partial charge in [0.25, 0.3) is 0 Å². The molecule has 1 amide bonds. The largest absolute Gasteiger partial charge is 0.381 e. The summed E-state index contributed by atoms with van der Waals surface area (Å²) in [5.41, 5.74) is -0.0452. The van der Waals surface area contributed by atoms with E-state index in [9.17, 15) is 4.79 Å². The zero-order valence-corrected chi connectivity index (χ0v) is 15.8. The minimum absolute atomic E-state index is 0.0792. The van der Waals surface area contributed by atoms with Crippen molar-refractivity contribution < 1.29 is 9.53 Å². The van der Waals surface area contributed by atoms with Gasteiger partial charge in [-0.3, -0.25) is 9.79 Å². The van der Waals surface area contributed by atoms with Crippen LogP contribution in [0.5, 0.6) is 0 Å². The fraction of sp³-hybridized carbons (Fsp3) is 0.889. The third kappa shape index (κ3) is 5.10. The minimum Gasteiger partial charge on any atom is -0.381 e. The summed E-state index contributed by atoms with van der Waals surface area (Å²) in [5, 5.41) is 6.36. The van der Waals surface area contributed by atoms with Crippen LogP contribution in [0, 0.1) is 10.8 Å². The highest BCUT2D eigenvalue weighted by Gasteiger charge is 2.38. The van der Waals surface area contributed by atoms with Gasteiger partial charge >= 0.3 is 0 Å². The maximum absolute atomic E-state index is 11.9. The van der Waals surface area contributed by atoms with Crippen LogP contribution in [0.15, 0.2) is 4.99 Å². The van der Waals surface area contributed by atoms with Crippen LogP contribution in [0.3, 0.4) is 0 Å². The lowest BCUT2D eigenvalue weighted by Gasteiger charge is -2.45. The third-order valence-electron chi connectivity index (χ3n) is 4.95. The Bertz CT molecular complexity index is 445. The Balaban J connectivity index is 1.80. The molecule has 2 aliphatic heterocycles. The van der Waals surface area contributed by atoms with Crippen molar-refractivity contribution in [2.24, 2.45) is 15.8 Å². The molecular formula is C18H34N4O2. The van der Waals surface area contributed by atoms with Crippen LogP contribution in [0.1, 0.15) is 46.5 Å². The van der Waals surface area contributed by atoms with Crippen molar-refractivity contribution in [3.8, 4) is 0 Å². The molecule has 2 heterocycles. The van der Waals surface area contributed by atoms with E-state index in [0.29, 0.717) is 18.5 Å². The van der Waals surface area contributed by atoms with Crippen molar-refractivity contribution in [2.45, 2.75) is 46.5 Å². The Morgan fingerprint density at radius 3 is 2.54 bits per heavy atom. The number of hydrogen-bond acceptors (Lipinski definition) is 3. The number of guanidine groups is 1. The molecule has 1 atom stereocenters. The maximum Gasteiger partial charge on any atom is 0.225 e. The van der Waals surface area contributed by atoms with Gasteiger partial charge in [-0.25, -0.2) is 0 Å². The Hall–Kier alpha value is -1.30. The summed E-state index contributed by atoms with van der Waals surface area (Å²) in [4.78, 5) is 18.7. The van der Waals surface area contributed by atoms with Crippen molar-refractivity contribution in [3.63, 3.8) is 0 Å². The highest BCUT2D eigenvalue weighted by molar-refractivity contribution is 5.82. The second-order valence-corrected chi connectivity index (χ2v) is 8.16. The van der Waals surface area contributed by atoms with Crippen LogP contribution in [-0.4, -0.2) is 63.2 Å². The van der Waals surface area contributed by atoms with Crippen molar-refractivity contribution in [2.75, 3.05) is 46.4 Å². The summed E-state index contributed by atoms with van der Waals surface area (Å²) in [6.45, 7) is 10.9. The predicted octanol–water partition coefficient (Wildman–Crippen LogP) is 1.62. The molecule has 1 unspecified atom stereocenters. The van der Waals surface area contributed by atoms with Gasteiger partial charge in [-0.2, -0.15) is 0 Å². The molecule has 0 radical (unpaired) electrons. The summed E-state index contributed by atoms with van der Waals surface area (Å²) in [7, 11) is 1.83. The van der Waals surface area contributed by atoms with Crippen molar-refractivity contribution in [1.29, 1.82) is 0 Å². The summed E-state index contributed by atoms with van der Waals surface area (Å²) in [6.07, 6.45) is 4.85. The lowest BCUT2D eigenvalue weighted by Crippen LogP contribution is -2.53. The van der Waals surface area contributed by atoms with Crippen LogP contribution in [0.25, 0.3) is 0 Å². The lowest BCUT2D eigenvalue weighted by atomic mass is 9.76. The van der Waals surface area contributed by atoms with Gasteiger partial charge in [0.15, 0.2) is 5.96 Å². The number of hydrogen-bond donors (Lipinski definition) is 2. The van der Waals surface area contributed by atoms with E-state index in [4.69, 9.17) is 4.74 Å². The van der Waals surface area contributed by atoms with Crippen molar-refractivity contribution in [1.82, 2.24) is 15.5 Å². The topological polar surface area (TPSA) is 66.0 Å². The molecule has 0 bridgehead atoms. The molecule has 2 aliphatic rings. The first-order valence-electron chi connectivity index (χ1n) is 9.18. The van der Waals surface area contributed by atoms with Crippen molar-refractivity contribution in [3.05, 3.63) is 0 Å². The highest BCUT2D eigenvalue weighted by atomic mass is 16.5. The highest BCUT2D eigenvalue weighted by Crippen LogP contribution is 2.37. The number of nitrogens with zero attached hydrogens (tertiary/aromatic N) is 2. The zero-order chi connectivity index (χ0) is 17.6. The Morgan fingerprint density at radius 2 is 1.92 bits per heavy atom. The first kappa shape index (κ1) is 19.0. The molecule has 6 heteroatoms. The molecule has 1 spiro atoms. The second-order valence-electron chi connectivity index (χ2n) is 8.16. The van der Waals surface area contributed by atoms with E-state index in [-0.39, 0.29) is 11.3 Å². The summed E-state index contributed by atoms with van der Waals surface area (Å²) >= 11 is 0. The number of likely N-dealkylation sites (tertiary alicyclic amines) is 1. The SMILES string of the molecule is CN=C(NCCNC(=O)C(C)(C)C)N1CCCC2(CCCOC2)C1. The van der Waals surface area contributed by atoms with E-state index in [1.807, 2.05) is 27.8 Å². The van der Waals surface area contributed by atoms with E-state index in [0.717, 1.165) is 32.3 Å². The van der Waals surface area contributed by atoms with E-state index >= 15 is 0 Å². The van der Waals surface area contributed by atoms with Gasteiger partial charge in [-0.1, -0.05) is 20.8 Å². The first-order chi connectivity index (χ1) is 11.4. The number of nitrogens with one attached hydrogen (secondary N) is 2. The number of ether oxygens (including phenoxy) is 1. The van der Waals surface area contributed by atoms with Crippen LogP contribution in [-0.2, 0) is 9.53 Å². The molecule has 0 aliphatic carbocycles. The summed E-state index contributed by atoms with van der Waals surface area (Å²) in [5.74, 6) is 1.01. The van der Waals surface area contributed by atoms with Gasteiger partial charge in [0, 0.05) is 50.7 Å². The first-order valence-corrected chi connectivity index (χ1v) is 9.18. The average molecular weight is 338 g/mol. The molecule has 2 saturated heterocycles. The molecule has 138 valence electrons. The fourth-order valence-electron chi connectivity index (χ4n) is 3.57. The Kier molecular flexibility index (Phi) is 6.49. The van der Waals surface area contributed by atoms with Gasteiger partial charge in [0.05, 0.1) is 6.61 Å². The molecule has 6 nitrogen and oxygen atoms in total. The van der Waals surface area contributed by atoms with Gasteiger partial charge in [0.2, 0.25) is 5.91 Å². The molecule has 0 aromatic rings. The van der Waals surface area contributed by atoms with Crippen LogP contribution in [0.2, 0.25) is 0 Å². The predicted molar refractivity (Wildman–Crippen MR) is 97.1 cm³/mol. The molecule has 0 saturated carbocycles. The van der Waals surface area contributed by atoms with Gasteiger partial charge in [-0.05, 0) is 25.7 Å². The van der Waals surface area contributed by atoms with Crippen molar-refractivity contribution >= 4 is 11.9 Å². The van der Waals surface area contributed by atoms with Gasteiger partial charge in [-0.15, -0.1) is 0 Å². The quantitative estimate of drug-likeness (QED) is 0.466. The number of carbonyl (C=O) groups excluding carboxylic acids is 1. The molecule has 0 aromatic heterocycles. The average Bonchev–Trinajstić information content (AvgIpc) is 2.54. The van der Waals surface area contributed by atoms with E-state index in [1.165, 1.54) is 25.7 Å². The smallest absolute Gasteiger partial charge is 0.225 e. The Labute approximate surface area is 146 Å². The summed E-state index contributed by atoms with van der Waals surface area (Å²) in [6, 6.07) is 0. The zero-order valence-electron chi connectivity index (χ0n) is 15.8. The maximum atomic E-state index is 11.9. The lowest BCUT2D eigenvalue weighted by molar-refractivity contribution is -0.128. The van der Waals surface area contributed by atoms with E-state index in [1.54, 1.807) is 0 Å². The van der Waals surface area contributed by atoms with Crippen LogP contribution < -0.4 is 10.6 Å². The van der Waals surface area contributed by atoms with Crippen LogP contribution >= 0.6 is 0 Å². The van der Waals surface area contributed by atoms with Crippen LogP contribution in [0.4, 0.5) is 0 Å². The number of piperidine rings is 1. The number of amides is 1. The minimum atomic E-state index is -0.345. The second kappa shape index (κ2) is 8.19. The van der Waals surface area contributed by atoms with E-state index < -0.39 is 0 Å². The molecule has 2 rings (SSSR count). The number of carbonyl (C=O) groups is 1. The normalized spacial score (nSPS) is 25.7. The summed E-state index contributed by atoms with van der Waals surface area (Å²) < 4.78 is 5.75. The monoisotopic (exact) mass is 338 g/mol. The number of rotatable bonds is 3.